The minimum absolute atomic E-state index is 0.333. The Labute approximate surface area is 99.7 Å². The number of nitrogens with one attached hydrogen (secondary N) is 1. The van der Waals surface area contributed by atoms with Crippen molar-refractivity contribution in [1.29, 1.82) is 0 Å². The van der Waals surface area contributed by atoms with E-state index in [0.29, 0.717) is 12.0 Å². The Morgan fingerprint density at radius 3 is 2.59 bits per heavy atom. The molecule has 2 rings (SSSR count). The van der Waals surface area contributed by atoms with Crippen LogP contribution in [0.4, 0.5) is 4.39 Å². The molecule has 1 aliphatic heterocycles. The largest absolute Gasteiger partial charge is 0.504 e. The molecule has 1 aromatic carbocycles. The maximum absolute atomic E-state index is 12.9. The normalized spacial score (nSPS) is 17.2. The number of piperazine rings is 1. The van der Waals surface area contributed by atoms with Gasteiger partial charge in [-0.1, -0.05) is 6.07 Å². The van der Waals surface area contributed by atoms with Crippen molar-refractivity contribution in [3.63, 3.8) is 0 Å². The topological polar surface area (TPSA) is 55.7 Å². The van der Waals surface area contributed by atoms with E-state index >= 15 is 0 Å². The molecule has 94 valence electrons. The van der Waals surface area contributed by atoms with Crippen molar-refractivity contribution < 1.29 is 14.6 Å². The van der Waals surface area contributed by atoms with E-state index in [1.165, 1.54) is 12.1 Å². The van der Waals surface area contributed by atoms with Gasteiger partial charge in [0.15, 0.2) is 17.3 Å². The summed E-state index contributed by atoms with van der Waals surface area (Å²) in [6.07, 6.45) is 0.611. The fourth-order valence-corrected chi connectivity index (χ4v) is 2.01. The van der Waals surface area contributed by atoms with Gasteiger partial charge in [0, 0.05) is 32.7 Å². The number of hydrogen-bond acceptors (Lipinski definition) is 4. The number of halogens is 1. The van der Waals surface area contributed by atoms with E-state index in [9.17, 15) is 14.6 Å². The van der Waals surface area contributed by atoms with Gasteiger partial charge in [-0.15, -0.1) is 0 Å². The third kappa shape index (κ3) is 2.87. The van der Waals surface area contributed by atoms with Crippen LogP contribution >= 0.6 is 0 Å². The Kier molecular flexibility index (Phi) is 3.81. The van der Waals surface area contributed by atoms with E-state index < -0.39 is 11.6 Å². The average molecular weight is 240 g/mol. The van der Waals surface area contributed by atoms with Gasteiger partial charge in [0.05, 0.1) is 0 Å². The molecule has 17 heavy (non-hydrogen) atoms. The first kappa shape index (κ1) is 12.1. The summed E-state index contributed by atoms with van der Waals surface area (Å²) in [7, 11) is 0. The van der Waals surface area contributed by atoms with Crippen molar-refractivity contribution in [1.82, 2.24) is 10.2 Å². The standard InChI is InChI=1S/C12H17FN2O2/c13-10-2-1-9(11(16)12(10)17)3-6-15-7-4-14-5-8-15/h1-2,14,16-17H,3-8H2. The van der Waals surface area contributed by atoms with E-state index in [-0.39, 0.29) is 5.75 Å². The van der Waals surface area contributed by atoms with Crippen LogP contribution in [0.3, 0.4) is 0 Å². The lowest BCUT2D eigenvalue weighted by atomic mass is 10.1. The van der Waals surface area contributed by atoms with Gasteiger partial charge < -0.3 is 20.4 Å². The summed E-state index contributed by atoms with van der Waals surface area (Å²) < 4.78 is 12.9. The molecular weight excluding hydrogens is 223 g/mol. The molecule has 3 N–H and O–H groups in total. The molecule has 1 fully saturated rings. The molecular formula is C12H17FN2O2. The first-order valence-corrected chi connectivity index (χ1v) is 5.81. The molecule has 0 radical (unpaired) electrons. The highest BCUT2D eigenvalue weighted by molar-refractivity contribution is 5.45. The molecule has 1 aliphatic rings. The fourth-order valence-electron chi connectivity index (χ4n) is 2.01. The maximum Gasteiger partial charge on any atom is 0.194 e. The summed E-state index contributed by atoms with van der Waals surface area (Å²) in [6, 6.07) is 2.70. The highest BCUT2D eigenvalue weighted by Crippen LogP contribution is 2.31. The van der Waals surface area contributed by atoms with Crippen LogP contribution in [0.2, 0.25) is 0 Å². The maximum atomic E-state index is 12.9. The van der Waals surface area contributed by atoms with E-state index in [2.05, 4.69) is 10.2 Å². The zero-order chi connectivity index (χ0) is 12.3. The lowest BCUT2D eigenvalue weighted by Gasteiger charge is -2.27. The molecule has 0 aromatic heterocycles. The van der Waals surface area contributed by atoms with Crippen LogP contribution in [0.1, 0.15) is 5.56 Å². The van der Waals surface area contributed by atoms with Gasteiger partial charge in [-0.25, -0.2) is 4.39 Å². The van der Waals surface area contributed by atoms with Crippen molar-refractivity contribution in [3.8, 4) is 11.5 Å². The third-order valence-electron chi connectivity index (χ3n) is 3.09. The fraction of sp³-hybridized carbons (Fsp3) is 0.500. The second-order valence-electron chi connectivity index (χ2n) is 4.25. The molecule has 0 spiro atoms. The molecule has 0 unspecified atom stereocenters. The van der Waals surface area contributed by atoms with Gasteiger partial charge in [-0.2, -0.15) is 0 Å². The summed E-state index contributed by atoms with van der Waals surface area (Å²) in [5.41, 5.74) is 0.586. The predicted octanol–water partition coefficient (Wildman–Crippen LogP) is 0.685. The summed E-state index contributed by atoms with van der Waals surface area (Å²) >= 11 is 0. The molecule has 5 heteroatoms. The number of benzene rings is 1. The number of phenols is 2. The van der Waals surface area contributed by atoms with Crippen LogP contribution in [0.25, 0.3) is 0 Å². The van der Waals surface area contributed by atoms with Gasteiger partial charge in [0.2, 0.25) is 0 Å². The lowest BCUT2D eigenvalue weighted by molar-refractivity contribution is 0.243. The molecule has 0 bridgehead atoms. The van der Waals surface area contributed by atoms with Crippen molar-refractivity contribution in [2.24, 2.45) is 0 Å². The summed E-state index contributed by atoms with van der Waals surface area (Å²) in [5, 5.41) is 22.1. The second kappa shape index (κ2) is 5.33. The van der Waals surface area contributed by atoms with Gasteiger partial charge in [-0.3, -0.25) is 0 Å². The highest BCUT2D eigenvalue weighted by atomic mass is 19.1. The summed E-state index contributed by atoms with van der Waals surface area (Å²) in [5.74, 6) is -1.77. The van der Waals surface area contributed by atoms with Gasteiger partial charge >= 0.3 is 0 Å². The molecule has 4 nitrogen and oxygen atoms in total. The van der Waals surface area contributed by atoms with Gasteiger partial charge in [0.25, 0.3) is 0 Å². The quantitative estimate of drug-likeness (QED) is 0.680. The van der Waals surface area contributed by atoms with E-state index in [1.54, 1.807) is 0 Å². The number of phenolic OH excluding ortho intramolecular Hbond substituents is 2. The Hall–Kier alpha value is -1.33. The zero-order valence-electron chi connectivity index (χ0n) is 9.62. The summed E-state index contributed by atoms with van der Waals surface area (Å²) in [6.45, 7) is 4.71. The van der Waals surface area contributed by atoms with Gasteiger partial charge in [-0.05, 0) is 18.1 Å². The van der Waals surface area contributed by atoms with Gasteiger partial charge in [0.1, 0.15) is 0 Å². The van der Waals surface area contributed by atoms with E-state index in [0.717, 1.165) is 32.7 Å². The lowest BCUT2D eigenvalue weighted by Crippen LogP contribution is -2.44. The van der Waals surface area contributed by atoms with Crippen LogP contribution in [0.5, 0.6) is 11.5 Å². The van der Waals surface area contributed by atoms with Crippen LogP contribution in [-0.2, 0) is 6.42 Å². The number of hydrogen-bond donors (Lipinski definition) is 3. The SMILES string of the molecule is Oc1c(F)ccc(CCN2CCNCC2)c1O. The second-order valence-corrected chi connectivity index (χ2v) is 4.25. The Morgan fingerprint density at radius 2 is 1.88 bits per heavy atom. The third-order valence-corrected chi connectivity index (χ3v) is 3.09. The van der Waals surface area contributed by atoms with Crippen LogP contribution < -0.4 is 5.32 Å². The zero-order valence-corrected chi connectivity index (χ0v) is 9.62. The van der Waals surface area contributed by atoms with Crippen LogP contribution in [0, 0.1) is 5.82 Å². The van der Waals surface area contributed by atoms with Crippen LogP contribution in [0.15, 0.2) is 12.1 Å². The minimum atomic E-state index is -0.784. The molecule has 1 saturated heterocycles. The van der Waals surface area contributed by atoms with E-state index in [1.807, 2.05) is 0 Å². The molecule has 1 aromatic rings. The smallest absolute Gasteiger partial charge is 0.194 e. The minimum Gasteiger partial charge on any atom is -0.504 e. The monoisotopic (exact) mass is 240 g/mol. The van der Waals surface area contributed by atoms with Crippen molar-refractivity contribution in [2.45, 2.75) is 6.42 Å². The molecule has 0 aliphatic carbocycles. The average Bonchev–Trinajstić information content (AvgIpc) is 2.36. The van der Waals surface area contributed by atoms with Crippen molar-refractivity contribution >= 4 is 0 Å². The number of aromatic hydroxyl groups is 2. The number of rotatable bonds is 3. The molecule has 0 atom stereocenters. The summed E-state index contributed by atoms with van der Waals surface area (Å²) in [4.78, 5) is 2.27. The molecule has 1 heterocycles. The van der Waals surface area contributed by atoms with Crippen molar-refractivity contribution in [2.75, 3.05) is 32.7 Å². The van der Waals surface area contributed by atoms with Crippen LogP contribution in [-0.4, -0.2) is 47.8 Å². The highest BCUT2D eigenvalue weighted by Gasteiger charge is 2.14. The number of nitrogens with zero attached hydrogens (tertiary/aromatic N) is 1. The Bertz CT molecular complexity index is 392. The Balaban J connectivity index is 1.96. The Morgan fingerprint density at radius 1 is 1.18 bits per heavy atom. The van der Waals surface area contributed by atoms with E-state index in [4.69, 9.17) is 0 Å². The molecule has 0 saturated carbocycles. The van der Waals surface area contributed by atoms with Crippen molar-refractivity contribution in [3.05, 3.63) is 23.5 Å². The predicted molar refractivity (Wildman–Crippen MR) is 62.7 cm³/mol. The molecule has 0 amide bonds. The first-order valence-electron chi connectivity index (χ1n) is 5.81. The first-order chi connectivity index (χ1) is 8.18.